The molecule has 0 aliphatic carbocycles. The van der Waals surface area contributed by atoms with Crippen LogP contribution in [0.25, 0.3) is 11.0 Å². The van der Waals surface area contributed by atoms with E-state index in [9.17, 15) is 0 Å². The van der Waals surface area contributed by atoms with Crippen molar-refractivity contribution in [2.75, 3.05) is 7.05 Å². The molecule has 0 saturated carbocycles. The molecule has 0 fully saturated rings. The zero-order valence-corrected chi connectivity index (χ0v) is 11.1. The van der Waals surface area contributed by atoms with Crippen LogP contribution in [0.4, 0.5) is 0 Å². The lowest BCUT2D eigenvalue weighted by Crippen LogP contribution is -2.04. The summed E-state index contributed by atoms with van der Waals surface area (Å²) < 4.78 is 7.22. The predicted octanol–water partition coefficient (Wildman–Crippen LogP) is 2.10. The Labute approximate surface area is 111 Å². The highest BCUT2D eigenvalue weighted by Gasteiger charge is 2.10. The third kappa shape index (κ3) is 2.24. The summed E-state index contributed by atoms with van der Waals surface area (Å²) in [6.45, 7) is 3.40. The number of rotatable bonds is 4. The molecular formula is C14H16N4O. The minimum absolute atomic E-state index is 0.675. The van der Waals surface area contributed by atoms with Crippen molar-refractivity contribution in [3.05, 3.63) is 47.6 Å². The molecule has 0 unspecified atom stereocenters. The van der Waals surface area contributed by atoms with E-state index in [4.69, 9.17) is 4.52 Å². The van der Waals surface area contributed by atoms with E-state index in [0.29, 0.717) is 6.54 Å². The van der Waals surface area contributed by atoms with Crippen molar-refractivity contribution in [1.29, 1.82) is 0 Å². The molecule has 0 bridgehead atoms. The third-order valence-electron chi connectivity index (χ3n) is 3.09. The van der Waals surface area contributed by atoms with Crippen molar-refractivity contribution < 1.29 is 4.52 Å². The van der Waals surface area contributed by atoms with Gasteiger partial charge in [0, 0.05) is 30.4 Å². The van der Waals surface area contributed by atoms with Crippen molar-refractivity contribution >= 4 is 11.0 Å². The second-order valence-corrected chi connectivity index (χ2v) is 4.62. The lowest BCUT2D eigenvalue weighted by molar-refractivity contribution is 0.389. The van der Waals surface area contributed by atoms with Gasteiger partial charge in [0.25, 0.3) is 0 Å². The first-order valence-electron chi connectivity index (χ1n) is 6.27. The first-order chi connectivity index (χ1) is 9.28. The zero-order chi connectivity index (χ0) is 13.2. The van der Waals surface area contributed by atoms with Crippen LogP contribution in [0.15, 0.2) is 35.1 Å². The second-order valence-electron chi connectivity index (χ2n) is 4.62. The van der Waals surface area contributed by atoms with E-state index in [1.807, 2.05) is 32.3 Å². The van der Waals surface area contributed by atoms with Crippen LogP contribution in [0.1, 0.15) is 17.0 Å². The molecule has 5 nitrogen and oxygen atoms in total. The van der Waals surface area contributed by atoms with Gasteiger partial charge in [0.05, 0.1) is 6.54 Å². The molecule has 0 atom stereocenters. The summed E-state index contributed by atoms with van der Waals surface area (Å²) in [5.74, 6) is 0.829. The Morgan fingerprint density at radius 2 is 2.32 bits per heavy atom. The molecule has 3 aromatic heterocycles. The number of aryl methyl sites for hydroxylation is 1. The van der Waals surface area contributed by atoms with E-state index in [0.717, 1.165) is 23.6 Å². The summed E-state index contributed by atoms with van der Waals surface area (Å²) in [4.78, 5) is 4.46. The predicted molar refractivity (Wildman–Crippen MR) is 72.8 cm³/mol. The molecule has 0 spiro atoms. The smallest absolute Gasteiger partial charge is 0.140 e. The van der Waals surface area contributed by atoms with Gasteiger partial charge in [0.2, 0.25) is 0 Å². The SMILES string of the molecule is CNCc1cn(Cc2cc(C)on2)c2ncccc12. The van der Waals surface area contributed by atoms with Crippen LogP contribution in [0, 0.1) is 6.92 Å². The molecular weight excluding hydrogens is 240 g/mol. The maximum absolute atomic E-state index is 5.11. The zero-order valence-electron chi connectivity index (χ0n) is 11.1. The Kier molecular flexibility index (Phi) is 3.05. The van der Waals surface area contributed by atoms with Gasteiger partial charge in [0.1, 0.15) is 17.1 Å². The molecule has 19 heavy (non-hydrogen) atoms. The number of nitrogens with zero attached hydrogens (tertiary/aromatic N) is 3. The minimum atomic E-state index is 0.675. The minimum Gasteiger partial charge on any atom is -0.361 e. The maximum atomic E-state index is 5.11. The Morgan fingerprint density at radius 1 is 1.42 bits per heavy atom. The van der Waals surface area contributed by atoms with Gasteiger partial charge < -0.3 is 14.4 Å². The molecule has 3 heterocycles. The molecule has 0 amide bonds. The van der Waals surface area contributed by atoms with Crippen LogP contribution >= 0.6 is 0 Å². The van der Waals surface area contributed by atoms with Gasteiger partial charge in [-0.3, -0.25) is 0 Å². The van der Waals surface area contributed by atoms with Crippen LogP contribution in [0.2, 0.25) is 0 Å². The molecule has 0 saturated heterocycles. The molecule has 0 aliphatic rings. The lowest BCUT2D eigenvalue weighted by Gasteiger charge is -2.00. The first-order valence-corrected chi connectivity index (χ1v) is 6.27. The van der Waals surface area contributed by atoms with Gasteiger partial charge in [-0.2, -0.15) is 0 Å². The van der Waals surface area contributed by atoms with Gasteiger partial charge in [0.15, 0.2) is 0 Å². The summed E-state index contributed by atoms with van der Waals surface area (Å²) in [6, 6.07) is 6.01. The van der Waals surface area contributed by atoms with E-state index in [1.165, 1.54) is 10.9 Å². The summed E-state index contributed by atoms with van der Waals surface area (Å²) >= 11 is 0. The summed E-state index contributed by atoms with van der Waals surface area (Å²) in [5, 5.41) is 8.39. The highest BCUT2D eigenvalue weighted by Crippen LogP contribution is 2.20. The first kappa shape index (κ1) is 11.9. The van der Waals surface area contributed by atoms with Crippen LogP contribution in [-0.2, 0) is 13.1 Å². The largest absolute Gasteiger partial charge is 0.361 e. The van der Waals surface area contributed by atoms with Gasteiger partial charge >= 0.3 is 0 Å². The molecule has 3 aromatic rings. The van der Waals surface area contributed by atoms with Crippen molar-refractivity contribution in [3.8, 4) is 0 Å². The van der Waals surface area contributed by atoms with Gasteiger partial charge in [-0.05, 0) is 31.7 Å². The van der Waals surface area contributed by atoms with E-state index in [-0.39, 0.29) is 0 Å². The maximum Gasteiger partial charge on any atom is 0.140 e. The Balaban J connectivity index is 2.03. The molecule has 0 aromatic carbocycles. The van der Waals surface area contributed by atoms with Crippen LogP contribution < -0.4 is 5.32 Å². The molecule has 1 N–H and O–H groups in total. The Bertz CT molecular complexity index is 698. The molecule has 0 aliphatic heterocycles. The van der Waals surface area contributed by atoms with E-state index >= 15 is 0 Å². The van der Waals surface area contributed by atoms with Crippen LogP contribution in [0.3, 0.4) is 0 Å². The number of aromatic nitrogens is 3. The number of hydrogen-bond acceptors (Lipinski definition) is 4. The third-order valence-corrected chi connectivity index (χ3v) is 3.09. The van der Waals surface area contributed by atoms with Crippen molar-refractivity contribution in [3.63, 3.8) is 0 Å². The fraction of sp³-hybridized carbons (Fsp3) is 0.286. The Morgan fingerprint density at radius 3 is 3.05 bits per heavy atom. The van der Waals surface area contributed by atoms with Crippen molar-refractivity contribution in [1.82, 2.24) is 20.0 Å². The van der Waals surface area contributed by atoms with Crippen molar-refractivity contribution in [2.45, 2.75) is 20.0 Å². The Hall–Kier alpha value is -2.14. The fourth-order valence-electron chi connectivity index (χ4n) is 2.31. The van der Waals surface area contributed by atoms with E-state index in [2.05, 4.69) is 32.3 Å². The summed E-state index contributed by atoms with van der Waals surface area (Å²) in [7, 11) is 1.94. The van der Waals surface area contributed by atoms with E-state index < -0.39 is 0 Å². The van der Waals surface area contributed by atoms with Crippen LogP contribution in [0.5, 0.6) is 0 Å². The highest BCUT2D eigenvalue weighted by atomic mass is 16.5. The molecule has 98 valence electrons. The van der Waals surface area contributed by atoms with Crippen molar-refractivity contribution in [2.24, 2.45) is 0 Å². The van der Waals surface area contributed by atoms with E-state index in [1.54, 1.807) is 0 Å². The van der Waals surface area contributed by atoms with Gasteiger partial charge in [-0.15, -0.1) is 0 Å². The van der Waals surface area contributed by atoms with Gasteiger partial charge in [-0.25, -0.2) is 4.98 Å². The summed E-state index contributed by atoms with van der Waals surface area (Å²) in [6.07, 6.45) is 3.94. The standard InChI is InChI=1S/C14H16N4O/c1-10-6-12(17-19-10)9-18-8-11(7-15-2)13-4-3-5-16-14(13)18/h3-6,8,15H,7,9H2,1-2H3. The molecule has 5 heteroatoms. The highest BCUT2D eigenvalue weighted by molar-refractivity contribution is 5.80. The number of pyridine rings is 1. The fourth-order valence-corrected chi connectivity index (χ4v) is 2.31. The normalized spacial score (nSPS) is 11.3. The molecule has 3 rings (SSSR count). The monoisotopic (exact) mass is 256 g/mol. The summed E-state index contributed by atoms with van der Waals surface area (Å²) in [5.41, 5.74) is 3.13. The number of hydrogen-bond donors (Lipinski definition) is 1. The topological polar surface area (TPSA) is 55.9 Å². The molecule has 0 radical (unpaired) electrons. The number of nitrogens with one attached hydrogen (secondary N) is 1. The average molecular weight is 256 g/mol. The van der Waals surface area contributed by atoms with Crippen LogP contribution in [-0.4, -0.2) is 21.8 Å². The second kappa shape index (κ2) is 4.85. The van der Waals surface area contributed by atoms with Gasteiger partial charge in [-0.1, -0.05) is 5.16 Å². The quantitative estimate of drug-likeness (QED) is 0.776. The number of fused-ring (bicyclic) bond motifs is 1. The average Bonchev–Trinajstić information content (AvgIpc) is 2.97. The lowest BCUT2D eigenvalue weighted by atomic mass is 10.2.